The first-order chi connectivity index (χ1) is 7.51. The van der Waals surface area contributed by atoms with Crippen LogP contribution < -0.4 is 5.73 Å². The maximum absolute atomic E-state index is 5.53. The van der Waals surface area contributed by atoms with Gasteiger partial charge in [-0.15, -0.1) is 0 Å². The second-order valence-electron chi connectivity index (χ2n) is 5.09. The average molecular weight is 242 g/mol. The molecule has 0 aliphatic heterocycles. The normalized spacial score (nSPS) is 12.0. The molecule has 0 spiro atoms. The molecule has 16 heavy (non-hydrogen) atoms. The fraction of sp³-hybridized carbons (Fsp3) is 0.800. The van der Waals surface area contributed by atoms with Crippen LogP contribution in [0.15, 0.2) is 6.20 Å². The third kappa shape index (κ3) is 5.39. The summed E-state index contributed by atoms with van der Waals surface area (Å²) in [4.78, 5) is 1.58. The summed E-state index contributed by atoms with van der Waals surface area (Å²) in [5, 5.41) is 8.35. The van der Waals surface area contributed by atoms with Crippen molar-refractivity contribution in [3.63, 3.8) is 0 Å². The molecule has 1 aromatic rings. The Morgan fingerprint density at radius 2 is 2.19 bits per heavy atom. The van der Waals surface area contributed by atoms with Gasteiger partial charge in [0.2, 0.25) is 0 Å². The van der Waals surface area contributed by atoms with Crippen LogP contribution in [-0.2, 0) is 17.9 Å². The van der Waals surface area contributed by atoms with E-state index in [-0.39, 0.29) is 0 Å². The molecule has 0 aromatic carbocycles. The number of rotatable bonds is 7. The summed E-state index contributed by atoms with van der Waals surface area (Å²) in [6.45, 7) is 8.85. The molecule has 92 valence electrons. The number of hydrogen-bond donors (Lipinski definition) is 1. The largest absolute Gasteiger partial charge is 0.358 e. The van der Waals surface area contributed by atoms with Crippen LogP contribution in [0.25, 0.3) is 0 Å². The Morgan fingerprint density at radius 1 is 1.44 bits per heavy atom. The molecule has 2 N–H and O–H groups in total. The second kappa shape index (κ2) is 6.12. The van der Waals surface area contributed by atoms with Crippen molar-refractivity contribution in [1.82, 2.24) is 15.0 Å². The highest BCUT2D eigenvalue weighted by molar-refractivity contribution is 6.76. The molecule has 1 aromatic heterocycles. The third-order valence-corrected chi connectivity index (χ3v) is 3.89. The van der Waals surface area contributed by atoms with Gasteiger partial charge in [0, 0.05) is 21.1 Å². The third-order valence-electron chi connectivity index (χ3n) is 2.19. The highest BCUT2D eigenvalue weighted by Gasteiger charge is 2.12. The Labute approximate surface area is 98.0 Å². The Hall–Kier alpha value is -0.723. The van der Waals surface area contributed by atoms with Crippen LogP contribution in [0.2, 0.25) is 25.7 Å². The molecule has 1 heterocycles. The summed E-state index contributed by atoms with van der Waals surface area (Å²) in [7, 11) is -0.994. The van der Waals surface area contributed by atoms with E-state index in [0.717, 1.165) is 18.7 Å². The first-order valence-corrected chi connectivity index (χ1v) is 9.39. The molecule has 1 rings (SSSR count). The molecule has 0 aliphatic rings. The lowest BCUT2D eigenvalue weighted by Crippen LogP contribution is -2.22. The molecule has 6 heteroatoms. The smallest absolute Gasteiger partial charge is 0.158 e. The van der Waals surface area contributed by atoms with E-state index in [1.807, 2.05) is 0 Å². The van der Waals surface area contributed by atoms with E-state index in [0.29, 0.717) is 13.3 Å². The van der Waals surface area contributed by atoms with Gasteiger partial charge in [-0.1, -0.05) is 19.6 Å². The van der Waals surface area contributed by atoms with Gasteiger partial charge in [0.05, 0.1) is 11.9 Å². The monoisotopic (exact) mass is 242 g/mol. The van der Waals surface area contributed by atoms with Crippen LogP contribution in [-0.4, -0.2) is 36.2 Å². The average Bonchev–Trinajstić information content (AvgIpc) is 2.60. The minimum atomic E-state index is -0.994. The van der Waals surface area contributed by atoms with Crippen molar-refractivity contribution in [1.29, 1.82) is 0 Å². The zero-order valence-corrected chi connectivity index (χ0v) is 11.4. The van der Waals surface area contributed by atoms with E-state index in [4.69, 9.17) is 10.5 Å². The Bertz CT molecular complexity index is 308. The van der Waals surface area contributed by atoms with Gasteiger partial charge in [-0.05, 0) is 12.6 Å². The van der Waals surface area contributed by atoms with Gasteiger partial charge in [-0.2, -0.15) is 15.0 Å². The number of nitrogens with two attached hydrogens (primary N) is 1. The van der Waals surface area contributed by atoms with Crippen molar-refractivity contribution < 1.29 is 4.74 Å². The molecule has 0 bridgehead atoms. The van der Waals surface area contributed by atoms with Gasteiger partial charge in [0.25, 0.3) is 0 Å². The fourth-order valence-corrected chi connectivity index (χ4v) is 1.94. The van der Waals surface area contributed by atoms with Gasteiger partial charge < -0.3 is 10.5 Å². The van der Waals surface area contributed by atoms with Crippen LogP contribution >= 0.6 is 0 Å². The summed E-state index contributed by atoms with van der Waals surface area (Å²) in [6.07, 6.45) is 2.52. The standard InChI is InChI=1S/C10H22N4OSi/c1-16(2,3)7-6-15-9-14-12-8-10(13-14)4-5-11/h8H,4-7,9,11H2,1-3H3. The summed E-state index contributed by atoms with van der Waals surface area (Å²) in [5.74, 6) is 0. The van der Waals surface area contributed by atoms with Crippen LogP contribution in [0.3, 0.4) is 0 Å². The maximum atomic E-state index is 5.53. The van der Waals surface area contributed by atoms with E-state index in [1.54, 1.807) is 11.0 Å². The topological polar surface area (TPSA) is 66.0 Å². The summed E-state index contributed by atoms with van der Waals surface area (Å²) in [5.41, 5.74) is 6.36. The molecule has 0 atom stereocenters. The highest BCUT2D eigenvalue weighted by Crippen LogP contribution is 2.07. The Balaban J connectivity index is 2.21. The molecule has 0 saturated heterocycles. The fourth-order valence-electron chi connectivity index (χ4n) is 1.18. The number of nitrogens with zero attached hydrogens (tertiary/aromatic N) is 3. The van der Waals surface area contributed by atoms with Crippen molar-refractivity contribution >= 4 is 8.07 Å². The second-order valence-corrected chi connectivity index (χ2v) is 10.7. The molecular weight excluding hydrogens is 220 g/mol. The van der Waals surface area contributed by atoms with Gasteiger partial charge in [0.1, 0.15) is 0 Å². The summed E-state index contributed by atoms with van der Waals surface area (Å²) in [6, 6.07) is 1.17. The minimum Gasteiger partial charge on any atom is -0.358 e. The van der Waals surface area contributed by atoms with Crippen molar-refractivity contribution in [3.8, 4) is 0 Å². The molecular formula is C10H22N4OSi. The van der Waals surface area contributed by atoms with E-state index in [9.17, 15) is 0 Å². The van der Waals surface area contributed by atoms with E-state index < -0.39 is 8.07 Å². The minimum absolute atomic E-state index is 0.440. The number of hydrogen-bond acceptors (Lipinski definition) is 4. The zero-order chi connectivity index (χ0) is 12.0. The molecule has 5 nitrogen and oxygen atoms in total. The van der Waals surface area contributed by atoms with Gasteiger partial charge in [-0.25, -0.2) is 0 Å². The van der Waals surface area contributed by atoms with Gasteiger partial charge >= 0.3 is 0 Å². The SMILES string of the molecule is C[Si](C)(C)CCOCn1ncc(CCN)n1. The Kier molecular flexibility index (Phi) is 5.10. The van der Waals surface area contributed by atoms with Crippen molar-refractivity contribution in [3.05, 3.63) is 11.9 Å². The highest BCUT2D eigenvalue weighted by atomic mass is 28.3. The zero-order valence-electron chi connectivity index (χ0n) is 10.4. The molecule has 0 unspecified atom stereocenters. The van der Waals surface area contributed by atoms with Crippen molar-refractivity contribution in [2.75, 3.05) is 13.2 Å². The quantitative estimate of drug-likeness (QED) is 0.574. The van der Waals surface area contributed by atoms with Gasteiger partial charge in [0.15, 0.2) is 6.73 Å². The number of ether oxygens (including phenoxy) is 1. The lowest BCUT2D eigenvalue weighted by atomic mass is 10.3. The predicted molar refractivity (Wildman–Crippen MR) is 66.9 cm³/mol. The van der Waals surface area contributed by atoms with Crippen molar-refractivity contribution in [2.45, 2.75) is 38.8 Å². The maximum Gasteiger partial charge on any atom is 0.158 e. The van der Waals surface area contributed by atoms with Crippen LogP contribution in [0.4, 0.5) is 0 Å². The first kappa shape index (κ1) is 13.3. The van der Waals surface area contributed by atoms with Gasteiger partial charge in [-0.3, -0.25) is 0 Å². The molecule has 0 fully saturated rings. The molecule has 0 amide bonds. The lowest BCUT2D eigenvalue weighted by Gasteiger charge is -2.14. The van der Waals surface area contributed by atoms with Crippen LogP contribution in [0, 0.1) is 0 Å². The van der Waals surface area contributed by atoms with Crippen LogP contribution in [0.1, 0.15) is 5.69 Å². The number of aromatic nitrogens is 3. The predicted octanol–water partition coefficient (Wildman–Crippen LogP) is 1.09. The van der Waals surface area contributed by atoms with E-state index in [2.05, 4.69) is 29.8 Å². The molecule has 0 saturated carbocycles. The van der Waals surface area contributed by atoms with E-state index in [1.165, 1.54) is 6.04 Å². The summed E-state index contributed by atoms with van der Waals surface area (Å²) < 4.78 is 5.53. The lowest BCUT2D eigenvalue weighted by molar-refractivity contribution is 0.0682. The first-order valence-electron chi connectivity index (χ1n) is 5.68. The summed E-state index contributed by atoms with van der Waals surface area (Å²) >= 11 is 0. The Morgan fingerprint density at radius 3 is 2.81 bits per heavy atom. The molecule has 0 aliphatic carbocycles. The van der Waals surface area contributed by atoms with Crippen LogP contribution in [0.5, 0.6) is 0 Å². The van der Waals surface area contributed by atoms with E-state index >= 15 is 0 Å². The van der Waals surface area contributed by atoms with Crippen molar-refractivity contribution in [2.24, 2.45) is 5.73 Å². The molecule has 0 radical (unpaired) electrons.